The van der Waals surface area contributed by atoms with E-state index in [1.54, 1.807) is 18.0 Å². The number of furan rings is 1. The topological polar surface area (TPSA) is 61.2 Å². The molecule has 0 fully saturated rings. The van der Waals surface area contributed by atoms with Gasteiger partial charge in [0.05, 0.1) is 12.0 Å². The van der Waals surface area contributed by atoms with Gasteiger partial charge in [-0.2, -0.15) is 0 Å². The average molecular weight is 339 g/mol. The van der Waals surface area contributed by atoms with Crippen molar-refractivity contribution in [3.63, 3.8) is 0 Å². The number of hydrogen-bond donors (Lipinski definition) is 0. The molecule has 0 aliphatic carbocycles. The minimum atomic E-state index is 0.736. The first-order chi connectivity index (χ1) is 11.8. The van der Waals surface area contributed by atoms with Gasteiger partial charge in [-0.05, 0) is 38.1 Å². The van der Waals surface area contributed by atoms with Gasteiger partial charge in [-0.3, -0.25) is 4.57 Å². The van der Waals surface area contributed by atoms with Crippen LogP contribution in [0.2, 0.25) is 0 Å². The number of pyridine rings is 1. The third kappa shape index (κ3) is 2.60. The van der Waals surface area contributed by atoms with Crippen LogP contribution in [-0.4, -0.2) is 24.1 Å². The van der Waals surface area contributed by atoms with E-state index in [1.807, 2.05) is 24.3 Å². The molecule has 0 saturated carbocycles. The number of imidazole rings is 1. The monoisotopic (exact) mass is 339 g/mol. The highest BCUT2D eigenvalue weighted by atomic mass is 32.2. The minimum absolute atomic E-state index is 0.736. The molecule has 4 aromatic rings. The first-order valence-corrected chi connectivity index (χ1v) is 8.78. The van der Waals surface area contributed by atoms with E-state index in [4.69, 9.17) is 4.42 Å². The van der Waals surface area contributed by atoms with Crippen molar-refractivity contribution < 1.29 is 4.42 Å². The molecule has 4 rings (SSSR count). The molecule has 0 aliphatic rings. The Morgan fingerprint density at radius 3 is 2.83 bits per heavy atom. The van der Waals surface area contributed by atoms with Crippen LogP contribution in [0.1, 0.15) is 18.3 Å². The van der Waals surface area contributed by atoms with Gasteiger partial charge in [0.1, 0.15) is 5.65 Å². The van der Waals surface area contributed by atoms with Gasteiger partial charge >= 0.3 is 0 Å². The third-order valence-electron chi connectivity index (χ3n) is 3.87. The minimum Gasteiger partial charge on any atom is -0.461 e. The summed E-state index contributed by atoms with van der Waals surface area (Å²) in [6.07, 6.45) is 3.73. The van der Waals surface area contributed by atoms with Gasteiger partial charge in [0.15, 0.2) is 16.7 Å². The van der Waals surface area contributed by atoms with Gasteiger partial charge < -0.3 is 8.82 Å². The van der Waals surface area contributed by atoms with Crippen molar-refractivity contribution in [1.29, 1.82) is 0 Å². The zero-order valence-corrected chi connectivity index (χ0v) is 14.3. The number of aryl methyl sites for hydroxylation is 1. The lowest BCUT2D eigenvalue weighted by atomic mass is 10.4. The molecule has 4 heterocycles. The predicted molar refractivity (Wildman–Crippen MR) is 92.9 cm³/mol. The second kappa shape index (κ2) is 6.16. The normalized spacial score (nSPS) is 11.4. The summed E-state index contributed by atoms with van der Waals surface area (Å²) in [7, 11) is 0. The molecular weight excluding hydrogens is 322 g/mol. The molecule has 0 bridgehead atoms. The fourth-order valence-electron chi connectivity index (χ4n) is 2.68. The summed E-state index contributed by atoms with van der Waals surface area (Å²) in [5, 5.41) is 9.46. The van der Waals surface area contributed by atoms with Crippen molar-refractivity contribution in [2.75, 3.05) is 0 Å². The molecule has 24 heavy (non-hydrogen) atoms. The van der Waals surface area contributed by atoms with E-state index in [2.05, 4.69) is 50.3 Å². The molecule has 0 atom stereocenters. The first kappa shape index (κ1) is 15.0. The number of thioether (sulfide) groups is 1. The van der Waals surface area contributed by atoms with Crippen LogP contribution in [0.5, 0.6) is 0 Å². The number of nitrogens with zero attached hydrogens (tertiary/aromatic N) is 5. The molecule has 0 spiro atoms. The second-order valence-corrected chi connectivity index (χ2v) is 6.39. The highest BCUT2D eigenvalue weighted by molar-refractivity contribution is 7.98. The summed E-state index contributed by atoms with van der Waals surface area (Å²) >= 11 is 1.64. The molecule has 122 valence electrons. The van der Waals surface area contributed by atoms with Crippen LogP contribution in [0.15, 0.2) is 52.4 Å². The standard InChI is InChI=1S/C17H17N5OS/c1-3-21-16(14-7-5-9-23-14)19-20-17(21)24-11-13-10-22-12(2)6-4-8-15(22)18-13/h4-10H,3,11H2,1-2H3. The van der Waals surface area contributed by atoms with E-state index in [1.165, 1.54) is 5.69 Å². The quantitative estimate of drug-likeness (QED) is 0.518. The Kier molecular flexibility index (Phi) is 3.86. The van der Waals surface area contributed by atoms with Gasteiger partial charge in [0.2, 0.25) is 0 Å². The fourth-order valence-corrected chi connectivity index (χ4v) is 3.56. The Hall–Kier alpha value is -2.54. The maximum atomic E-state index is 5.44. The Morgan fingerprint density at radius 2 is 2.08 bits per heavy atom. The highest BCUT2D eigenvalue weighted by Gasteiger charge is 2.15. The Balaban J connectivity index is 1.58. The number of fused-ring (bicyclic) bond motifs is 1. The van der Waals surface area contributed by atoms with Crippen LogP contribution in [-0.2, 0) is 12.3 Å². The highest BCUT2D eigenvalue weighted by Crippen LogP contribution is 2.26. The summed E-state index contributed by atoms with van der Waals surface area (Å²) in [5.74, 6) is 2.24. The Morgan fingerprint density at radius 1 is 1.17 bits per heavy atom. The van der Waals surface area contributed by atoms with Gasteiger partial charge in [0, 0.05) is 24.2 Å². The molecule has 0 aliphatic heterocycles. The third-order valence-corrected chi connectivity index (χ3v) is 4.87. The molecular formula is C17H17N5OS. The zero-order valence-electron chi connectivity index (χ0n) is 13.5. The van der Waals surface area contributed by atoms with Crippen LogP contribution < -0.4 is 0 Å². The summed E-state index contributed by atoms with van der Waals surface area (Å²) in [5.41, 5.74) is 3.17. The maximum absolute atomic E-state index is 5.44. The second-order valence-electron chi connectivity index (χ2n) is 5.44. The lowest BCUT2D eigenvalue weighted by Crippen LogP contribution is -1.99. The smallest absolute Gasteiger partial charge is 0.200 e. The predicted octanol–water partition coefficient (Wildman–Crippen LogP) is 3.81. The zero-order chi connectivity index (χ0) is 16.5. The maximum Gasteiger partial charge on any atom is 0.200 e. The lowest BCUT2D eigenvalue weighted by molar-refractivity contribution is 0.567. The van der Waals surface area contributed by atoms with Crippen LogP contribution in [0, 0.1) is 6.92 Å². The Bertz CT molecular complexity index is 970. The molecule has 0 saturated heterocycles. The first-order valence-electron chi connectivity index (χ1n) is 7.79. The van der Waals surface area contributed by atoms with Gasteiger partial charge in [0.25, 0.3) is 0 Å². The number of aromatic nitrogens is 5. The van der Waals surface area contributed by atoms with Crippen molar-refractivity contribution in [3.8, 4) is 11.6 Å². The van der Waals surface area contributed by atoms with E-state index < -0.39 is 0 Å². The summed E-state index contributed by atoms with van der Waals surface area (Å²) in [4.78, 5) is 4.67. The molecule has 4 aromatic heterocycles. The number of hydrogen-bond acceptors (Lipinski definition) is 5. The molecule has 0 aromatic carbocycles. The van der Waals surface area contributed by atoms with Crippen molar-refractivity contribution in [3.05, 3.63) is 54.2 Å². The van der Waals surface area contributed by atoms with E-state index >= 15 is 0 Å². The molecule has 7 heteroatoms. The van der Waals surface area contributed by atoms with E-state index in [-0.39, 0.29) is 0 Å². The van der Waals surface area contributed by atoms with Gasteiger partial charge in [-0.15, -0.1) is 10.2 Å². The molecule has 0 N–H and O–H groups in total. The van der Waals surface area contributed by atoms with E-state index in [0.717, 1.165) is 40.4 Å². The van der Waals surface area contributed by atoms with Crippen molar-refractivity contribution in [2.24, 2.45) is 0 Å². The van der Waals surface area contributed by atoms with Crippen molar-refractivity contribution in [1.82, 2.24) is 24.1 Å². The van der Waals surface area contributed by atoms with Crippen molar-refractivity contribution >= 4 is 17.4 Å². The fraction of sp³-hybridized carbons (Fsp3) is 0.235. The molecule has 0 unspecified atom stereocenters. The lowest BCUT2D eigenvalue weighted by Gasteiger charge is -2.04. The number of rotatable bonds is 5. The molecule has 0 amide bonds. The van der Waals surface area contributed by atoms with Crippen LogP contribution >= 0.6 is 11.8 Å². The molecule has 6 nitrogen and oxygen atoms in total. The summed E-state index contributed by atoms with van der Waals surface area (Å²) in [6.45, 7) is 4.94. The summed E-state index contributed by atoms with van der Waals surface area (Å²) in [6, 6.07) is 9.88. The van der Waals surface area contributed by atoms with Crippen LogP contribution in [0.25, 0.3) is 17.2 Å². The largest absolute Gasteiger partial charge is 0.461 e. The van der Waals surface area contributed by atoms with Gasteiger partial charge in [-0.25, -0.2) is 4.98 Å². The van der Waals surface area contributed by atoms with E-state index in [9.17, 15) is 0 Å². The average Bonchev–Trinajstić information content (AvgIpc) is 3.31. The Labute approximate surface area is 143 Å². The summed E-state index contributed by atoms with van der Waals surface area (Å²) < 4.78 is 9.61. The van der Waals surface area contributed by atoms with E-state index in [0.29, 0.717) is 0 Å². The van der Waals surface area contributed by atoms with Gasteiger partial charge in [-0.1, -0.05) is 17.8 Å². The van der Waals surface area contributed by atoms with Crippen molar-refractivity contribution in [2.45, 2.75) is 31.3 Å². The van der Waals surface area contributed by atoms with Crippen LogP contribution in [0.3, 0.4) is 0 Å². The molecule has 0 radical (unpaired) electrons. The van der Waals surface area contributed by atoms with Crippen LogP contribution in [0.4, 0.5) is 0 Å². The SMILES string of the molecule is CCn1c(SCc2cn3c(C)cccc3n2)nnc1-c1ccco1.